The highest BCUT2D eigenvalue weighted by atomic mass is 32.4. The molecule has 0 rings (SSSR count). The number of nitrogens with two attached hydrogens (primary N) is 3. The molecule has 0 heterocycles. The highest BCUT2D eigenvalue weighted by Gasteiger charge is 2.02. The Bertz CT molecular complexity index is 139. The summed E-state index contributed by atoms with van der Waals surface area (Å²) in [5.74, 6) is 0. The highest BCUT2D eigenvalue weighted by Crippen LogP contribution is 2.16. The van der Waals surface area contributed by atoms with Crippen LogP contribution >= 0.6 is 6.49 Å². The SMILES string of the molecule is NC(=O)NP(N)(N)=S. The molecule has 0 aliphatic rings. The van der Waals surface area contributed by atoms with Crippen molar-refractivity contribution in [3.63, 3.8) is 0 Å². The summed E-state index contributed by atoms with van der Waals surface area (Å²) in [7, 11) is 0. The van der Waals surface area contributed by atoms with Crippen molar-refractivity contribution >= 4 is 24.3 Å². The standard InChI is InChI=1S/CH7N4OPS/c2-1(6)5-7(3,4)8/h(H7,2,3,4,5,6,8). The van der Waals surface area contributed by atoms with Crippen LogP contribution in [0, 0.1) is 0 Å². The van der Waals surface area contributed by atoms with Gasteiger partial charge in [0.2, 0.25) is 0 Å². The van der Waals surface area contributed by atoms with Gasteiger partial charge in [-0.15, -0.1) is 0 Å². The number of primary amides is 1. The number of nitrogens with one attached hydrogen (secondary N) is 1. The van der Waals surface area contributed by atoms with Crippen LogP contribution in [0.3, 0.4) is 0 Å². The van der Waals surface area contributed by atoms with Crippen LogP contribution in [0.2, 0.25) is 0 Å². The molecule has 0 atom stereocenters. The lowest BCUT2D eigenvalue weighted by Crippen LogP contribution is -2.32. The second-order valence-corrected chi connectivity index (χ2v) is 4.64. The number of hydrogen-bond acceptors (Lipinski definition) is 2. The minimum Gasteiger partial charge on any atom is -0.351 e. The lowest BCUT2D eigenvalue weighted by molar-refractivity contribution is 0.254. The maximum absolute atomic E-state index is 9.93. The largest absolute Gasteiger partial charge is 0.351 e. The first-order chi connectivity index (χ1) is 3.42. The Balaban J connectivity index is 3.74. The number of rotatable bonds is 1. The third kappa shape index (κ3) is 5.84. The monoisotopic (exact) mass is 154 g/mol. The van der Waals surface area contributed by atoms with Gasteiger partial charge < -0.3 is 5.73 Å². The van der Waals surface area contributed by atoms with E-state index in [0.717, 1.165) is 0 Å². The Morgan fingerprint density at radius 3 is 2.00 bits per heavy atom. The molecular weight excluding hydrogens is 147 g/mol. The molecule has 0 radical (unpaired) electrons. The van der Waals surface area contributed by atoms with E-state index in [1.54, 1.807) is 0 Å². The van der Waals surface area contributed by atoms with Crippen molar-refractivity contribution in [1.29, 1.82) is 0 Å². The molecule has 0 bridgehead atoms. The van der Waals surface area contributed by atoms with Crippen LogP contribution in [0.15, 0.2) is 0 Å². The van der Waals surface area contributed by atoms with Crippen LogP contribution in [0.4, 0.5) is 4.79 Å². The van der Waals surface area contributed by atoms with Gasteiger partial charge >= 0.3 is 6.03 Å². The van der Waals surface area contributed by atoms with E-state index >= 15 is 0 Å². The molecule has 5 nitrogen and oxygen atoms in total. The summed E-state index contributed by atoms with van der Waals surface area (Å²) in [4.78, 5) is 9.93. The lowest BCUT2D eigenvalue weighted by atomic mass is 11.2. The van der Waals surface area contributed by atoms with Crippen molar-refractivity contribution in [3.05, 3.63) is 0 Å². The summed E-state index contributed by atoms with van der Waals surface area (Å²) in [6.45, 7) is -2.61. The van der Waals surface area contributed by atoms with Crippen LogP contribution in [0.25, 0.3) is 0 Å². The van der Waals surface area contributed by atoms with E-state index in [4.69, 9.17) is 11.0 Å². The number of urea groups is 1. The van der Waals surface area contributed by atoms with Gasteiger partial charge in [-0.2, -0.15) is 0 Å². The average Bonchev–Trinajstić information content (AvgIpc) is 1.21. The summed E-state index contributed by atoms with van der Waals surface area (Å²) in [5, 5.41) is 2.00. The van der Waals surface area contributed by atoms with Crippen molar-refractivity contribution in [2.75, 3.05) is 0 Å². The number of carbonyl (C=O) groups is 1. The van der Waals surface area contributed by atoms with Crippen LogP contribution in [0.1, 0.15) is 0 Å². The molecule has 0 saturated heterocycles. The summed E-state index contributed by atoms with van der Waals surface area (Å²) < 4.78 is 0. The molecule has 48 valence electrons. The Kier molecular flexibility index (Phi) is 2.36. The molecule has 0 saturated carbocycles. The van der Waals surface area contributed by atoms with E-state index in [2.05, 4.69) is 17.5 Å². The molecule has 0 fully saturated rings. The zero-order valence-electron chi connectivity index (χ0n) is 4.00. The summed E-state index contributed by atoms with van der Waals surface area (Å²) in [5.41, 5.74) is 14.7. The third-order valence-electron chi connectivity index (χ3n) is 0.285. The molecule has 7 N–H and O–H groups in total. The van der Waals surface area contributed by atoms with Crippen molar-refractivity contribution in [2.45, 2.75) is 0 Å². The Morgan fingerprint density at radius 1 is 1.62 bits per heavy atom. The quantitative estimate of drug-likeness (QED) is 0.356. The van der Waals surface area contributed by atoms with Crippen LogP contribution < -0.4 is 21.8 Å². The van der Waals surface area contributed by atoms with Gasteiger partial charge in [-0.05, 0) is 11.8 Å². The van der Waals surface area contributed by atoms with Gasteiger partial charge in [-0.25, -0.2) is 4.79 Å². The van der Waals surface area contributed by atoms with Gasteiger partial charge in [0.25, 0.3) is 0 Å². The molecular formula is CH7N4OPS. The van der Waals surface area contributed by atoms with E-state index in [1.165, 1.54) is 0 Å². The van der Waals surface area contributed by atoms with Gasteiger partial charge in [-0.3, -0.25) is 16.1 Å². The molecule has 0 aromatic carbocycles. The van der Waals surface area contributed by atoms with Gasteiger partial charge in [-0.1, -0.05) is 0 Å². The second-order valence-electron chi connectivity index (χ2n) is 1.19. The van der Waals surface area contributed by atoms with Gasteiger partial charge in [0.1, 0.15) is 0 Å². The Morgan fingerprint density at radius 2 is 2.00 bits per heavy atom. The first-order valence-electron chi connectivity index (χ1n) is 1.67. The lowest BCUT2D eigenvalue weighted by Gasteiger charge is -2.07. The van der Waals surface area contributed by atoms with Crippen molar-refractivity contribution < 1.29 is 4.79 Å². The van der Waals surface area contributed by atoms with Gasteiger partial charge in [0.05, 0.1) is 0 Å². The normalized spacial score (nSPS) is 10.8. The summed E-state index contributed by atoms with van der Waals surface area (Å²) in [6, 6.07) is -0.779. The second kappa shape index (κ2) is 2.41. The van der Waals surface area contributed by atoms with Crippen molar-refractivity contribution in [3.8, 4) is 0 Å². The number of hydrogen-bond donors (Lipinski definition) is 4. The first kappa shape index (κ1) is 7.84. The minimum absolute atomic E-state index is 0.779. The van der Waals surface area contributed by atoms with E-state index in [1.807, 2.05) is 5.09 Å². The minimum atomic E-state index is -2.61. The molecule has 8 heavy (non-hydrogen) atoms. The fourth-order valence-electron chi connectivity index (χ4n) is 0.172. The zero-order chi connectivity index (χ0) is 6.78. The number of carbonyl (C=O) groups excluding carboxylic acids is 1. The van der Waals surface area contributed by atoms with E-state index in [0.29, 0.717) is 0 Å². The average molecular weight is 154 g/mol. The highest BCUT2D eigenvalue weighted by molar-refractivity contribution is 8.11. The van der Waals surface area contributed by atoms with Crippen LogP contribution in [-0.4, -0.2) is 6.03 Å². The summed E-state index contributed by atoms with van der Waals surface area (Å²) >= 11 is 4.42. The molecule has 0 aromatic rings. The third-order valence-corrected chi connectivity index (χ3v) is 1.13. The summed E-state index contributed by atoms with van der Waals surface area (Å²) in [6.07, 6.45) is 0. The first-order valence-corrected chi connectivity index (χ1v) is 4.61. The van der Waals surface area contributed by atoms with E-state index < -0.39 is 12.5 Å². The topological polar surface area (TPSA) is 107 Å². The van der Waals surface area contributed by atoms with Crippen LogP contribution in [0.5, 0.6) is 0 Å². The molecule has 0 aromatic heterocycles. The van der Waals surface area contributed by atoms with Gasteiger partial charge in [0.15, 0.2) is 6.49 Å². The zero-order valence-corrected chi connectivity index (χ0v) is 5.71. The van der Waals surface area contributed by atoms with E-state index in [9.17, 15) is 4.79 Å². The fraction of sp³-hybridized carbons (Fsp3) is 0. The fourth-order valence-corrected chi connectivity index (χ4v) is 0.787. The Labute approximate surface area is 51.8 Å². The maximum Gasteiger partial charge on any atom is 0.317 e. The predicted molar refractivity (Wildman–Crippen MR) is 35.4 cm³/mol. The molecule has 0 unspecified atom stereocenters. The van der Waals surface area contributed by atoms with E-state index in [-0.39, 0.29) is 0 Å². The molecule has 0 aliphatic carbocycles. The number of amides is 2. The van der Waals surface area contributed by atoms with Crippen molar-refractivity contribution in [1.82, 2.24) is 5.09 Å². The van der Waals surface area contributed by atoms with Crippen molar-refractivity contribution in [2.24, 2.45) is 16.7 Å². The molecule has 7 heteroatoms. The van der Waals surface area contributed by atoms with Gasteiger partial charge in [0, 0.05) is 0 Å². The molecule has 0 spiro atoms. The van der Waals surface area contributed by atoms with Crippen LogP contribution in [-0.2, 0) is 11.8 Å². The Hall–Kier alpha value is -0.160. The predicted octanol–water partition coefficient (Wildman–Crippen LogP) is -1.20. The molecule has 0 aliphatic heterocycles. The smallest absolute Gasteiger partial charge is 0.317 e. The molecule has 2 amide bonds. The maximum atomic E-state index is 9.93.